The highest BCUT2D eigenvalue weighted by Crippen LogP contribution is 2.26. The maximum atomic E-state index is 5.79. The molecule has 0 saturated heterocycles. The third-order valence-corrected chi connectivity index (χ3v) is 4.71. The first kappa shape index (κ1) is 17.5. The highest BCUT2D eigenvalue weighted by atomic mass is 79.9. The molecular formula is C16H27BrN2O. The van der Waals surface area contributed by atoms with Gasteiger partial charge in [0.25, 0.3) is 0 Å². The topological polar surface area (TPSA) is 24.5 Å². The number of aryl methyl sites for hydroxylation is 2. The van der Waals surface area contributed by atoms with E-state index in [0.29, 0.717) is 6.61 Å². The number of rotatable bonds is 9. The van der Waals surface area contributed by atoms with Crippen LogP contribution in [-0.4, -0.2) is 44.2 Å². The molecule has 0 aliphatic rings. The number of nitrogens with zero attached hydrogens (tertiary/aromatic N) is 1. The van der Waals surface area contributed by atoms with E-state index in [2.05, 4.69) is 66.0 Å². The Morgan fingerprint density at radius 1 is 1.10 bits per heavy atom. The van der Waals surface area contributed by atoms with Gasteiger partial charge in [-0.2, -0.15) is 0 Å². The van der Waals surface area contributed by atoms with Crippen molar-refractivity contribution in [1.29, 1.82) is 0 Å². The molecule has 0 amide bonds. The average molecular weight is 343 g/mol. The summed E-state index contributed by atoms with van der Waals surface area (Å²) >= 11 is 3.57. The predicted octanol–water partition coefficient (Wildman–Crippen LogP) is 3.38. The van der Waals surface area contributed by atoms with Crippen LogP contribution in [0.2, 0.25) is 0 Å². The van der Waals surface area contributed by atoms with Gasteiger partial charge in [-0.15, -0.1) is 0 Å². The summed E-state index contributed by atoms with van der Waals surface area (Å²) in [6, 6.07) is 4.15. The number of benzene rings is 1. The second kappa shape index (κ2) is 9.37. The summed E-state index contributed by atoms with van der Waals surface area (Å²) in [5.41, 5.74) is 2.43. The van der Waals surface area contributed by atoms with Crippen LogP contribution in [0.4, 0.5) is 0 Å². The lowest BCUT2D eigenvalue weighted by Gasteiger charge is -2.18. The highest BCUT2D eigenvalue weighted by Gasteiger charge is 2.03. The zero-order valence-electron chi connectivity index (χ0n) is 13.1. The summed E-state index contributed by atoms with van der Waals surface area (Å²) in [4.78, 5) is 2.41. The van der Waals surface area contributed by atoms with Crippen molar-refractivity contribution >= 4 is 15.9 Å². The fourth-order valence-electron chi connectivity index (χ4n) is 2.13. The van der Waals surface area contributed by atoms with E-state index in [1.54, 1.807) is 0 Å². The van der Waals surface area contributed by atoms with Gasteiger partial charge in [0.15, 0.2) is 0 Å². The Morgan fingerprint density at radius 3 is 2.25 bits per heavy atom. The van der Waals surface area contributed by atoms with E-state index in [1.807, 2.05) is 0 Å². The van der Waals surface area contributed by atoms with Crippen LogP contribution in [0.3, 0.4) is 0 Å². The summed E-state index contributed by atoms with van der Waals surface area (Å²) in [6.45, 7) is 14.5. The largest absolute Gasteiger partial charge is 0.492 e. The summed E-state index contributed by atoms with van der Waals surface area (Å²) in [5.74, 6) is 0.953. The minimum absolute atomic E-state index is 0.707. The number of ether oxygens (including phenoxy) is 1. The lowest BCUT2D eigenvalue weighted by molar-refractivity contribution is 0.285. The van der Waals surface area contributed by atoms with Gasteiger partial charge in [-0.3, -0.25) is 0 Å². The fraction of sp³-hybridized carbons (Fsp3) is 0.625. The number of likely N-dealkylation sites (N-methyl/N-ethyl adjacent to an activating group) is 1. The molecule has 0 atom stereocenters. The molecule has 3 nitrogen and oxygen atoms in total. The van der Waals surface area contributed by atoms with Crippen molar-refractivity contribution in [3.63, 3.8) is 0 Å². The standard InChI is InChI=1S/C16H27BrN2O/c1-5-19(6-2)9-7-18-8-10-20-15-11-13(3)16(17)14(4)12-15/h11-12,18H,5-10H2,1-4H3. The van der Waals surface area contributed by atoms with Crippen LogP contribution in [0.1, 0.15) is 25.0 Å². The number of hydrogen-bond donors (Lipinski definition) is 1. The molecule has 0 fully saturated rings. The molecule has 114 valence electrons. The normalized spacial score (nSPS) is 11.1. The molecule has 1 aromatic rings. The second-order valence-electron chi connectivity index (χ2n) is 5.00. The van der Waals surface area contributed by atoms with E-state index in [0.717, 1.165) is 38.5 Å². The second-order valence-corrected chi connectivity index (χ2v) is 5.79. The maximum absolute atomic E-state index is 5.79. The van der Waals surface area contributed by atoms with Crippen molar-refractivity contribution in [3.05, 3.63) is 27.7 Å². The van der Waals surface area contributed by atoms with E-state index in [1.165, 1.54) is 15.6 Å². The Balaban J connectivity index is 2.22. The van der Waals surface area contributed by atoms with Crippen LogP contribution in [0.5, 0.6) is 5.75 Å². The SMILES string of the molecule is CCN(CC)CCNCCOc1cc(C)c(Br)c(C)c1. The molecule has 0 aliphatic carbocycles. The molecule has 0 radical (unpaired) electrons. The third kappa shape index (κ3) is 5.81. The first-order valence-electron chi connectivity index (χ1n) is 7.41. The van der Waals surface area contributed by atoms with Crippen molar-refractivity contribution in [2.45, 2.75) is 27.7 Å². The highest BCUT2D eigenvalue weighted by molar-refractivity contribution is 9.10. The molecule has 20 heavy (non-hydrogen) atoms. The van der Waals surface area contributed by atoms with Gasteiger partial charge in [0, 0.05) is 24.1 Å². The minimum atomic E-state index is 0.707. The lowest BCUT2D eigenvalue weighted by Crippen LogP contribution is -2.33. The molecule has 0 aromatic heterocycles. The Kier molecular flexibility index (Phi) is 8.19. The van der Waals surface area contributed by atoms with E-state index in [-0.39, 0.29) is 0 Å². The lowest BCUT2D eigenvalue weighted by atomic mass is 10.1. The van der Waals surface area contributed by atoms with Crippen molar-refractivity contribution < 1.29 is 4.74 Å². The Hall–Kier alpha value is -0.580. The van der Waals surface area contributed by atoms with E-state index in [4.69, 9.17) is 4.74 Å². The van der Waals surface area contributed by atoms with Gasteiger partial charge < -0.3 is 15.0 Å². The van der Waals surface area contributed by atoms with Crippen LogP contribution in [0.25, 0.3) is 0 Å². The first-order valence-corrected chi connectivity index (χ1v) is 8.20. The molecule has 1 N–H and O–H groups in total. The molecule has 0 heterocycles. The molecule has 0 bridgehead atoms. The summed E-state index contributed by atoms with van der Waals surface area (Å²) in [5, 5.41) is 3.42. The Bertz CT molecular complexity index is 382. The van der Waals surface area contributed by atoms with Gasteiger partial charge in [0.1, 0.15) is 12.4 Å². The maximum Gasteiger partial charge on any atom is 0.119 e. The van der Waals surface area contributed by atoms with Crippen LogP contribution in [0.15, 0.2) is 16.6 Å². The molecule has 1 aromatic carbocycles. The molecule has 0 aliphatic heterocycles. The van der Waals surface area contributed by atoms with Crippen LogP contribution in [0, 0.1) is 13.8 Å². The van der Waals surface area contributed by atoms with E-state index >= 15 is 0 Å². The molecule has 0 spiro atoms. The minimum Gasteiger partial charge on any atom is -0.492 e. The quantitative estimate of drug-likeness (QED) is 0.696. The van der Waals surface area contributed by atoms with Crippen LogP contribution in [-0.2, 0) is 0 Å². The van der Waals surface area contributed by atoms with Crippen LogP contribution < -0.4 is 10.1 Å². The van der Waals surface area contributed by atoms with Crippen molar-refractivity contribution in [2.75, 3.05) is 39.3 Å². The molecule has 0 saturated carbocycles. The smallest absolute Gasteiger partial charge is 0.119 e. The van der Waals surface area contributed by atoms with Crippen molar-refractivity contribution in [3.8, 4) is 5.75 Å². The first-order chi connectivity index (χ1) is 9.58. The van der Waals surface area contributed by atoms with Gasteiger partial charge >= 0.3 is 0 Å². The van der Waals surface area contributed by atoms with Gasteiger partial charge in [-0.25, -0.2) is 0 Å². The third-order valence-electron chi connectivity index (χ3n) is 3.46. The number of nitrogens with one attached hydrogen (secondary N) is 1. The van der Waals surface area contributed by atoms with Gasteiger partial charge in [-0.05, 0) is 50.2 Å². The van der Waals surface area contributed by atoms with E-state index in [9.17, 15) is 0 Å². The summed E-state index contributed by atoms with van der Waals surface area (Å²) in [7, 11) is 0. The molecule has 0 unspecified atom stereocenters. The molecule has 1 rings (SSSR count). The Morgan fingerprint density at radius 2 is 1.70 bits per heavy atom. The molecule has 4 heteroatoms. The zero-order chi connectivity index (χ0) is 15.0. The monoisotopic (exact) mass is 342 g/mol. The van der Waals surface area contributed by atoms with Crippen LogP contribution >= 0.6 is 15.9 Å². The zero-order valence-corrected chi connectivity index (χ0v) is 14.7. The summed E-state index contributed by atoms with van der Waals surface area (Å²) in [6.07, 6.45) is 0. The van der Waals surface area contributed by atoms with Crippen molar-refractivity contribution in [1.82, 2.24) is 10.2 Å². The number of hydrogen-bond acceptors (Lipinski definition) is 3. The Labute approximate surface area is 131 Å². The average Bonchev–Trinajstić information content (AvgIpc) is 2.44. The number of halogens is 1. The summed E-state index contributed by atoms with van der Waals surface area (Å²) < 4.78 is 6.95. The predicted molar refractivity (Wildman–Crippen MR) is 89.8 cm³/mol. The van der Waals surface area contributed by atoms with Gasteiger partial charge in [-0.1, -0.05) is 29.8 Å². The van der Waals surface area contributed by atoms with Gasteiger partial charge in [0.2, 0.25) is 0 Å². The fourth-order valence-corrected chi connectivity index (χ4v) is 2.36. The van der Waals surface area contributed by atoms with Gasteiger partial charge in [0.05, 0.1) is 0 Å². The molecular weight excluding hydrogens is 316 g/mol. The van der Waals surface area contributed by atoms with E-state index < -0.39 is 0 Å². The van der Waals surface area contributed by atoms with Crippen molar-refractivity contribution in [2.24, 2.45) is 0 Å².